The van der Waals surface area contributed by atoms with E-state index in [1.807, 2.05) is 13.0 Å². The van der Waals surface area contributed by atoms with Crippen LogP contribution in [-0.2, 0) is 27.5 Å². The van der Waals surface area contributed by atoms with Gasteiger partial charge in [0.15, 0.2) is 0 Å². The van der Waals surface area contributed by atoms with Gasteiger partial charge in [-0.2, -0.15) is 0 Å². The molecule has 1 aromatic carbocycles. The molecule has 1 aromatic heterocycles. The first-order valence-corrected chi connectivity index (χ1v) is 9.74. The predicted octanol–water partition coefficient (Wildman–Crippen LogP) is 1.94. The van der Waals surface area contributed by atoms with Gasteiger partial charge in [0, 0.05) is 12.4 Å². The lowest BCUT2D eigenvalue weighted by atomic mass is 9.89. The summed E-state index contributed by atoms with van der Waals surface area (Å²) in [6.07, 6.45) is 7.36. The maximum Gasteiger partial charge on any atom is 0.236 e. The Bertz CT molecular complexity index is 829. The van der Waals surface area contributed by atoms with E-state index in [1.165, 1.54) is 36.4 Å². The molecule has 3 rings (SSSR count). The fourth-order valence-corrected chi connectivity index (χ4v) is 4.09. The summed E-state index contributed by atoms with van der Waals surface area (Å²) < 4.78 is 24.1. The average Bonchev–Trinajstić information content (AvgIpc) is 3.09. The molecule has 1 amide bonds. The van der Waals surface area contributed by atoms with Crippen LogP contribution in [0.3, 0.4) is 0 Å². The summed E-state index contributed by atoms with van der Waals surface area (Å²) in [6.45, 7) is 1.86. The molecule has 1 aliphatic rings. The quantitative estimate of drug-likeness (QED) is 0.864. The lowest BCUT2D eigenvalue weighted by Crippen LogP contribution is -2.32. The van der Waals surface area contributed by atoms with Crippen LogP contribution in [0.5, 0.6) is 0 Å². The van der Waals surface area contributed by atoms with E-state index >= 15 is 0 Å². The summed E-state index contributed by atoms with van der Waals surface area (Å²) >= 11 is 0. The van der Waals surface area contributed by atoms with Gasteiger partial charge in [-0.1, -0.05) is 18.2 Å². The number of nitrogens with one attached hydrogen (secondary N) is 2. The number of aryl methyl sites for hydroxylation is 2. The van der Waals surface area contributed by atoms with Crippen molar-refractivity contribution < 1.29 is 13.2 Å². The molecule has 0 unspecified atom stereocenters. The molecular formula is C17H21N3O3S. The number of hydrogen-bond acceptors (Lipinski definition) is 4. The molecule has 0 fully saturated rings. The minimum atomic E-state index is -3.74. The summed E-state index contributed by atoms with van der Waals surface area (Å²) in [5, 5.41) is 2.58. The van der Waals surface area contributed by atoms with Crippen LogP contribution in [0, 0.1) is 0 Å². The lowest BCUT2D eigenvalue weighted by molar-refractivity contribution is -0.119. The molecule has 24 heavy (non-hydrogen) atoms. The second-order valence-corrected chi connectivity index (χ2v) is 8.08. The van der Waals surface area contributed by atoms with Crippen LogP contribution in [0.2, 0.25) is 0 Å². The van der Waals surface area contributed by atoms with Gasteiger partial charge >= 0.3 is 0 Å². The van der Waals surface area contributed by atoms with Crippen LogP contribution in [-0.4, -0.2) is 30.0 Å². The number of nitrogens with zero attached hydrogens (tertiary/aromatic N) is 1. The molecule has 2 aromatic rings. The van der Waals surface area contributed by atoms with Crippen LogP contribution in [0.1, 0.15) is 42.5 Å². The number of aromatic amines is 1. The first kappa shape index (κ1) is 16.7. The number of hydrogen-bond donors (Lipinski definition) is 2. The van der Waals surface area contributed by atoms with E-state index in [-0.39, 0.29) is 11.2 Å². The molecule has 0 bridgehead atoms. The van der Waals surface area contributed by atoms with Crippen molar-refractivity contribution in [2.45, 2.75) is 43.8 Å². The Balaban J connectivity index is 1.66. The zero-order valence-corrected chi connectivity index (χ0v) is 14.4. The number of carbonyl (C=O) groups is 1. The van der Waals surface area contributed by atoms with Crippen LogP contribution in [0.25, 0.3) is 0 Å². The van der Waals surface area contributed by atoms with Crippen molar-refractivity contribution in [3.05, 3.63) is 47.3 Å². The monoisotopic (exact) mass is 347 g/mol. The number of carbonyl (C=O) groups excluding carboxylic acids is 1. The normalized spacial score (nSPS) is 15.5. The van der Waals surface area contributed by atoms with Gasteiger partial charge in [0.1, 0.15) is 5.75 Å². The Kier molecular flexibility index (Phi) is 4.71. The van der Waals surface area contributed by atoms with Gasteiger partial charge in [0.2, 0.25) is 20.9 Å². The van der Waals surface area contributed by atoms with E-state index < -0.39 is 21.5 Å². The fraction of sp³-hybridized carbons (Fsp3) is 0.412. The van der Waals surface area contributed by atoms with Gasteiger partial charge in [-0.05, 0) is 49.3 Å². The Morgan fingerprint density at radius 2 is 2.04 bits per heavy atom. The largest absolute Gasteiger partial charge is 0.349 e. The fourth-order valence-electron chi connectivity index (χ4n) is 3.05. The van der Waals surface area contributed by atoms with Crippen molar-refractivity contribution in [3.63, 3.8) is 0 Å². The number of imidazole rings is 1. The van der Waals surface area contributed by atoms with Crippen molar-refractivity contribution in [3.8, 4) is 0 Å². The van der Waals surface area contributed by atoms with E-state index in [9.17, 15) is 13.2 Å². The highest BCUT2D eigenvalue weighted by Crippen LogP contribution is 2.24. The van der Waals surface area contributed by atoms with Crippen molar-refractivity contribution >= 4 is 15.7 Å². The highest BCUT2D eigenvalue weighted by Gasteiger charge is 2.23. The minimum Gasteiger partial charge on any atom is -0.349 e. The topological polar surface area (TPSA) is 91.9 Å². The molecule has 0 spiro atoms. The molecule has 1 atom stereocenters. The summed E-state index contributed by atoms with van der Waals surface area (Å²) in [5.41, 5.74) is 3.71. The molecule has 1 heterocycles. The van der Waals surface area contributed by atoms with Crippen LogP contribution >= 0.6 is 0 Å². The van der Waals surface area contributed by atoms with E-state index in [0.717, 1.165) is 18.4 Å². The maximum atomic E-state index is 12.1. The van der Waals surface area contributed by atoms with Gasteiger partial charge in [-0.15, -0.1) is 0 Å². The molecule has 0 aliphatic heterocycles. The molecule has 0 radical (unpaired) electrons. The van der Waals surface area contributed by atoms with Crippen molar-refractivity contribution in [1.82, 2.24) is 15.3 Å². The first-order valence-electron chi connectivity index (χ1n) is 8.09. The predicted molar refractivity (Wildman–Crippen MR) is 90.3 cm³/mol. The third-order valence-corrected chi connectivity index (χ3v) is 5.79. The smallest absolute Gasteiger partial charge is 0.236 e. The standard InChI is InChI=1S/C17H21N3O3S/c1-12(14-7-6-13-4-2-3-5-15(13)10-14)20-16(21)11-24(22,23)17-18-8-9-19-17/h6-10,12H,2-5,11H2,1H3,(H,18,19)(H,20,21)/t12-/m0/s1. The summed E-state index contributed by atoms with van der Waals surface area (Å²) in [7, 11) is -3.74. The molecule has 0 saturated heterocycles. The van der Waals surface area contributed by atoms with Gasteiger partial charge in [0.05, 0.1) is 6.04 Å². The second-order valence-electron chi connectivity index (χ2n) is 6.18. The average molecular weight is 347 g/mol. The number of fused-ring (bicyclic) bond motifs is 1. The number of aromatic nitrogens is 2. The second kappa shape index (κ2) is 6.76. The van der Waals surface area contributed by atoms with Gasteiger partial charge in [-0.3, -0.25) is 4.79 Å². The van der Waals surface area contributed by atoms with E-state index in [1.54, 1.807) is 0 Å². The molecule has 2 N–H and O–H groups in total. The molecule has 0 saturated carbocycles. The van der Waals surface area contributed by atoms with Crippen molar-refractivity contribution in [2.24, 2.45) is 0 Å². The highest BCUT2D eigenvalue weighted by molar-refractivity contribution is 7.91. The van der Waals surface area contributed by atoms with Gasteiger partial charge in [0.25, 0.3) is 0 Å². The highest BCUT2D eigenvalue weighted by atomic mass is 32.2. The lowest BCUT2D eigenvalue weighted by Gasteiger charge is -2.20. The maximum absolute atomic E-state index is 12.1. The van der Waals surface area contributed by atoms with Crippen LogP contribution in [0.15, 0.2) is 35.7 Å². The molecule has 128 valence electrons. The number of sulfone groups is 1. The van der Waals surface area contributed by atoms with Crippen LogP contribution < -0.4 is 5.32 Å². The number of rotatable bonds is 5. The van der Waals surface area contributed by atoms with Gasteiger partial charge in [-0.25, -0.2) is 13.4 Å². The third kappa shape index (κ3) is 3.67. The zero-order valence-electron chi connectivity index (χ0n) is 13.6. The van der Waals surface area contributed by atoms with Crippen molar-refractivity contribution in [2.75, 3.05) is 5.75 Å². The summed E-state index contributed by atoms with van der Waals surface area (Å²) in [4.78, 5) is 18.3. The Morgan fingerprint density at radius 3 is 2.75 bits per heavy atom. The molecule has 7 heteroatoms. The number of amides is 1. The Morgan fingerprint density at radius 1 is 1.29 bits per heavy atom. The Labute approximate surface area is 141 Å². The molecule has 6 nitrogen and oxygen atoms in total. The molecular weight excluding hydrogens is 326 g/mol. The van der Waals surface area contributed by atoms with Crippen molar-refractivity contribution in [1.29, 1.82) is 0 Å². The molecule has 1 aliphatic carbocycles. The summed E-state index contributed by atoms with van der Waals surface area (Å²) in [6, 6.07) is 6.01. The third-order valence-electron chi connectivity index (χ3n) is 4.34. The van der Waals surface area contributed by atoms with E-state index in [4.69, 9.17) is 0 Å². The van der Waals surface area contributed by atoms with Gasteiger partial charge < -0.3 is 10.3 Å². The first-order chi connectivity index (χ1) is 11.5. The van der Waals surface area contributed by atoms with E-state index in [2.05, 4.69) is 27.4 Å². The summed E-state index contributed by atoms with van der Waals surface area (Å²) in [5.74, 6) is -1.15. The van der Waals surface area contributed by atoms with Crippen LogP contribution in [0.4, 0.5) is 0 Å². The van der Waals surface area contributed by atoms with E-state index in [0.29, 0.717) is 0 Å². The Hall–Kier alpha value is -2.15. The zero-order chi connectivity index (χ0) is 17.2. The minimum absolute atomic E-state index is 0.181. The number of H-pyrrole nitrogens is 1. The SMILES string of the molecule is C[C@H](NC(=O)CS(=O)(=O)c1ncc[nH]1)c1ccc2c(c1)CCCC2. The number of benzene rings is 1.